The average Bonchev–Trinajstić information content (AvgIpc) is 2.78. The highest BCUT2D eigenvalue weighted by Gasteiger charge is 2.11. The minimum atomic E-state index is -0.0152. The highest BCUT2D eigenvalue weighted by Crippen LogP contribution is 2.27. The monoisotopic (exact) mass is 253 g/mol. The van der Waals surface area contributed by atoms with E-state index in [-0.39, 0.29) is 6.04 Å². The molecule has 0 saturated carbocycles. The Kier molecular flexibility index (Phi) is 3.53. The Bertz CT molecular complexity index is 466. The lowest BCUT2D eigenvalue weighted by Gasteiger charge is -2.00. The number of halogens is 1. The second-order valence-electron chi connectivity index (χ2n) is 3.47. The fourth-order valence-corrected chi connectivity index (χ4v) is 2.33. The van der Waals surface area contributed by atoms with Gasteiger partial charge in [-0.15, -0.1) is 10.2 Å². The van der Waals surface area contributed by atoms with E-state index in [4.69, 9.17) is 17.3 Å². The number of nitrogens with zero attached hydrogens (tertiary/aromatic N) is 2. The van der Waals surface area contributed by atoms with Gasteiger partial charge in [0.25, 0.3) is 0 Å². The molecule has 0 aliphatic heterocycles. The molecule has 2 aromatic rings. The summed E-state index contributed by atoms with van der Waals surface area (Å²) in [6.45, 7) is 2.04. The lowest BCUT2D eigenvalue weighted by atomic mass is 10.2. The molecule has 0 amide bonds. The van der Waals surface area contributed by atoms with E-state index in [0.717, 1.165) is 27.0 Å². The Morgan fingerprint density at radius 2 is 2.00 bits per heavy atom. The van der Waals surface area contributed by atoms with Gasteiger partial charge in [0, 0.05) is 10.6 Å². The second kappa shape index (κ2) is 4.91. The third-order valence-corrected chi connectivity index (χ3v) is 3.65. The number of hydrogen-bond donors (Lipinski definition) is 1. The van der Waals surface area contributed by atoms with Crippen molar-refractivity contribution in [1.29, 1.82) is 0 Å². The van der Waals surface area contributed by atoms with Crippen LogP contribution in [0.1, 0.15) is 24.4 Å². The maximum atomic E-state index is 5.90. The molecule has 2 rings (SSSR count). The molecule has 2 N–H and O–H groups in total. The molecule has 3 nitrogen and oxygen atoms in total. The van der Waals surface area contributed by atoms with E-state index in [1.54, 1.807) is 0 Å². The molecule has 1 unspecified atom stereocenters. The summed E-state index contributed by atoms with van der Waals surface area (Å²) in [6, 6.07) is 7.54. The van der Waals surface area contributed by atoms with E-state index in [9.17, 15) is 0 Å². The van der Waals surface area contributed by atoms with Crippen molar-refractivity contribution in [2.24, 2.45) is 5.73 Å². The van der Waals surface area contributed by atoms with Crippen LogP contribution in [0.15, 0.2) is 24.3 Å². The molecule has 84 valence electrons. The van der Waals surface area contributed by atoms with Crippen LogP contribution in [0.5, 0.6) is 0 Å². The quantitative estimate of drug-likeness (QED) is 0.913. The highest BCUT2D eigenvalue weighted by atomic mass is 35.5. The first kappa shape index (κ1) is 11.5. The van der Waals surface area contributed by atoms with Crippen LogP contribution in [0.2, 0.25) is 5.02 Å². The first-order chi connectivity index (χ1) is 7.70. The summed E-state index contributed by atoms with van der Waals surface area (Å²) in [5, 5.41) is 10.7. The number of aromatic nitrogens is 2. The average molecular weight is 254 g/mol. The van der Waals surface area contributed by atoms with E-state index < -0.39 is 0 Å². The Morgan fingerprint density at radius 3 is 2.62 bits per heavy atom. The van der Waals surface area contributed by atoms with Gasteiger partial charge in [-0.2, -0.15) is 0 Å². The first-order valence-electron chi connectivity index (χ1n) is 5.05. The molecule has 0 aliphatic rings. The van der Waals surface area contributed by atoms with Gasteiger partial charge in [0.1, 0.15) is 10.0 Å². The van der Waals surface area contributed by atoms with E-state index in [0.29, 0.717) is 0 Å². The second-order valence-corrected chi connectivity index (χ2v) is 4.91. The van der Waals surface area contributed by atoms with E-state index in [1.165, 1.54) is 11.3 Å². The Balaban J connectivity index is 2.28. The van der Waals surface area contributed by atoms with Crippen LogP contribution in [-0.2, 0) is 0 Å². The van der Waals surface area contributed by atoms with Gasteiger partial charge in [-0.05, 0) is 18.6 Å². The zero-order valence-electron chi connectivity index (χ0n) is 8.85. The zero-order valence-corrected chi connectivity index (χ0v) is 10.4. The smallest absolute Gasteiger partial charge is 0.147 e. The van der Waals surface area contributed by atoms with E-state index >= 15 is 0 Å². The van der Waals surface area contributed by atoms with Crippen molar-refractivity contribution in [2.45, 2.75) is 19.4 Å². The molecule has 1 atom stereocenters. The standard InChI is InChI=1S/C11H12ClN3S/c1-2-9(13)11-15-14-10(16-11)7-3-5-8(12)6-4-7/h3-6,9H,2,13H2,1H3. The first-order valence-corrected chi connectivity index (χ1v) is 6.25. The maximum Gasteiger partial charge on any atom is 0.147 e. The molecule has 0 aliphatic carbocycles. The van der Waals surface area contributed by atoms with Gasteiger partial charge in [-0.3, -0.25) is 0 Å². The van der Waals surface area contributed by atoms with Crippen molar-refractivity contribution in [3.8, 4) is 10.6 Å². The van der Waals surface area contributed by atoms with Gasteiger partial charge in [0.2, 0.25) is 0 Å². The zero-order chi connectivity index (χ0) is 11.5. The van der Waals surface area contributed by atoms with Gasteiger partial charge < -0.3 is 5.73 Å². The number of nitrogens with two attached hydrogens (primary N) is 1. The van der Waals surface area contributed by atoms with Gasteiger partial charge in [0.05, 0.1) is 6.04 Å². The molecule has 0 saturated heterocycles. The summed E-state index contributed by atoms with van der Waals surface area (Å²) in [7, 11) is 0. The van der Waals surface area contributed by atoms with Crippen molar-refractivity contribution < 1.29 is 0 Å². The molecule has 1 aromatic carbocycles. The third kappa shape index (κ3) is 2.40. The van der Waals surface area contributed by atoms with Crippen molar-refractivity contribution in [2.75, 3.05) is 0 Å². The van der Waals surface area contributed by atoms with Gasteiger partial charge in [-0.1, -0.05) is 42.0 Å². The lowest BCUT2D eigenvalue weighted by Crippen LogP contribution is -2.07. The molecule has 1 heterocycles. The third-order valence-electron chi connectivity index (χ3n) is 2.29. The molecule has 16 heavy (non-hydrogen) atoms. The summed E-state index contributed by atoms with van der Waals surface area (Å²) in [5.74, 6) is 0. The molecule has 0 radical (unpaired) electrons. The van der Waals surface area contributed by atoms with Gasteiger partial charge in [-0.25, -0.2) is 0 Å². The van der Waals surface area contributed by atoms with Crippen LogP contribution < -0.4 is 5.73 Å². The predicted molar refractivity (Wildman–Crippen MR) is 67.6 cm³/mol. The maximum absolute atomic E-state index is 5.90. The topological polar surface area (TPSA) is 51.8 Å². The van der Waals surface area contributed by atoms with Crippen LogP contribution >= 0.6 is 22.9 Å². The van der Waals surface area contributed by atoms with E-state index in [1.807, 2.05) is 31.2 Å². The van der Waals surface area contributed by atoms with E-state index in [2.05, 4.69) is 10.2 Å². The molecule has 0 fully saturated rings. The predicted octanol–water partition coefficient (Wildman–Crippen LogP) is 3.27. The summed E-state index contributed by atoms with van der Waals surface area (Å²) < 4.78 is 0. The van der Waals surface area contributed by atoms with Gasteiger partial charge in [0.15, 0.2) is 0 Å². The summed E-state index contributed by atoms with van der Waals surface area (Å²) >= 11 is 7.36. The number of hydrogen-bond acceptors (Lipinski definition) is 4. The molecule has 0 spiro atoms. The largest absolute Gasteiger partial charge is 0.322 e. The van der Waals surface area contributed by atoms with Crippen molar-refractivity contribution >= 4 is 22.9 Å². The highest BCUT2D eigenvalue weighted by molar-refractivity contribution is 7.14. The van der Waals surface area contributed by atoms with Crippen LogP contribution in [0, 0.1) is 0 Å². The summed E-state index contributed by atoms with van der Waals surface area (Å²) in [6.07, 6.45) is 0.870. The molecular formula is C11H12ClN3S. The Labute approximate surface area is 103 Å². The minimum Gasteiger partial charge on any atom is -0.322 e. The molecule has 0 bridgehead atoms. The number of benzene rings is 1. The Morgan fingerprint density at radius 1 is 1.31 bits per heavy atom. The lowest BCUT2D eigenvalue weighted by molar-refractivity contribution is 0.683. The van der Waals surface area contributed by atoms with Crippen molar-refractivity contribution in [1.82, 2.24) is 10.2 Å². The van der Waals surface area contributed by atoms with Crippen LogP contribution in [0.3, 0.4) is 0 Å². The fraction of sp³-hybridized carbons (Fsp3) is 0.273. The van der Waals surface area contributed by atoms with Crippen molar-refractivity contribution in [3.05, 3.63) is 34.3 Å². The molecular weight excluding hydrogens is 242 g/mol. The normalized spacial score (nSPS) is 12.7. The molecule has 1 aromatic heterocycles. The fourth-order valence-electron chi connectivity index (χ4n) is 1.27. The SMILES string of the molecule is CCC(N)c1nnc(-c2ccc(Cl)cc2)s1. The van der Waals surface area contributed by atoms with Crippen LogP contribution in [0.25, 0.3) is 10.6 Å². The van der Waals surface area contributed by atoms with Crippen molar-refractivity contribution in [3.63, 3.8) is 0 Å². The van der Waals surface area contributed by atoms with Crippen LogP contribution in [0.4, 0.5) is 0 Å². The van der Waals surface area contributed by atoms with Crippen LogP contribution in [-0.4, -0.2) is 10.2 Å². The Hall–Kier alpha value is -0.970. The summed E-state index contributed by atoms with van der Waals surface area (Å²) in [4.78, 5) is 0. The van der Waals surface area contributed by atoms with Gasteiger partial charge >= 0.3 is 0 Å². The molecule has 5 heteroatoms. The number of rotatable bonds is 3. The summed E-state index contributed by atoms with van der Waals surface area (Å²) in [5.41, 5.74) is 6.92. The minimum absolute atomic E-state index is 0.0152.